The summed E-state index contributed by atoms with van der Waals surface area (Å²) in [6, 6.07) is -1.83. The van der Waals surface area contributed by atoms with Crippen LogP contribution in [0.25, 0.3) is 0 Å². The Labute approximate surface area is 295 Å². The summed E-state index contributed by atoms with van der Waals surface area (Å²) in [5.41, 5.74) is 12.0. The molecule has 0 radical (unpaired) electrons. The third-order valence-electron chi connectivity index (χ3n) is 5.94. The SMILES string of the molecule is C=CCCP(=O)(OCCNC(=O)NCCOP(=O)(OCC=C)OC[C@H](N)COCC[C@@H](C)OC(C)=O)OC[C@H](N)COCC[C@@H](C)OC(C)=O. The Morgan fingerprint density at radius 1 is 0.700 bits per heavy atom. The number of nitrogens with one attached hydrogen (secondary N) is 2. The Bertz CT molecular complexity index is 1010. The third-order valence-corrected chi connectivity index (χ3v) is 9.29. The van der Waals surface area contributed by atoms with E-state index < -0.39 is 33.5 Å². The normalized spacial score (nSPS) is 16.1. The molecule has 0 aromatic heterocycles. The lowest BCUT2D eigenvalue weighted by Crippen LogP contribution is -2.38. The van der Waals surface area contributed by atoms with Crippen molar-refractivity contribution in [2.75, 3.05) is 78.7 Å². The van der Waals surface area contributed by atoms with E-state index in [0.29, 0.717) is 32.5 Å². The Morgan fingerprint density at radius 2 is 1.20 bits per heavy atom. The number of ether oxygens (including phenoxy) is 4. The maximum atomic E-state index is 13.2. The van der Waals surface area contributed by atoms with Gasteiger partial charge in [0.15, 0.2) is 0 Å². The maximum absolute atomic E-state index is 13.2. The number of phosphoric acid groups is 1. The van der Waals surface area contributed by atoms with Crippen LogP contribution < -0.4 is 22.1 Å². The van der Waals surface area contributed by atoms with Crippen molar-refractivity contribution in [1.29, 1.82) is 0 Å². The molecule has 0 rings (SSSR count). The summed E-state index contributed by atoms with van der Waals surface area (Å²) in [6.07, 6.45) is 3.76. The van der Waals surface area contributed by atoms with E-state index in [1.807, 2.05) is 0 Å². The van der Waals surface area contributed by atoms with Crippen molar-refractivity contribution in [2.45, 2.75) is 71.2 Å². The number of hydrogen-bond acceptors (Lipinski definition) is 16. The first-order valence-corrected chi connectivity index (χ1v) is 19.5. The smallest absolute Gasteiger partial charge is 0.463 e. The summed E-state index contributed by atoms with van der Waals surface area (Å²) in [7, 11) is -7.61. The first-order valence-electron chi connectivity index (χ1n) is 16.3. The molecule has 0 aromatic carbocycles. The Balaban J connectivity index is 4.46. The van der Waals surface area contributed by atoms with Crippen molar-refractivity contribution in [1.82, 2.24) is 10.6 Å². The molecule has 6 atom stereocenters. The molecule has 292 valence electrons. The molecule has 18 nitrogen and oxygen atoms in total. The minimum absolute atomic E-state index is 0.00349. The summed E-state index contributed by atoms with van der Waals surface area (Å²) in [5, 5.41) is 5.06. The predicted octanol–water partition coefficient (Wildman–Crippen LogP) is 2.80. The molecule has 6 N–H and O–H groups in total. The molecular formula is C30H58N4O14P2. The van der Waals surface area contributed by atoms with Crippen LogP contribution in [-0.4, -0.2) is 121 Å². The van der Waals surface area contributed by atoms with Crippen LogP contribution in [-0.2, 0) is 60.3 Å². The van der Waals surface area contributed by atoms with Gasteiger partial charge in [-0.3, -0.25) is 27.7 Å². The molecule has 50 heavy (non-hydrogen) atoms. The van der Waals surface area contributed by atoms with Crippen LogP contribution in [0.1, 0.15) is 47.0 Å². The fraction of sp³-hybridized carbons (Fsp3) is 0.767. The molecule has 2 unspecified atom stereocenters. The molecule has 0 aliphatic heterocycles. The summed E-state index contributed by atoms with van der Waals surface area (Å²) in [4.78, 5) is 34.1. The van der Waals surface area contributed by atoms with Gasteiger partial charge in [0.25, 0.3) is 0 Å². The molecule has 20 heteroatoms. The standard InChI is InChI=1S/C30H58N4O14P2/c1-7-9-19-49(38,45-22-28(31)20-40-15-10-24(3)47-26(5)35)42-17-12-33-30(37)34-13-18-44-50(39,43-14-8-2)46-23-29(32)21-41-16-11-25(4)48-27(6)36/h7-8,24-25,28-29H,1-2,9-23,31-32H2,3-6H3,(H2,33,34,37)/t24-,25-,28-,29-,49?,50?/m1/s1. The van der Waals surface area contributed by atoms with E-state index in [-0.39, 0.29) is 89.6 Å². The minimum Gasteiger partial charge on any atom is -0.463 e. The molecule has 0 aliphatic carbocycles. The fourth-order valence-corrected chi connectivity index (χ4v) is 6.37. The van der Waals surface area contributed by atoms with Gasteiger partial charge < -0.3 is 50.1 Å². The second-order valence-electron chi connectivity index (χ2n) is 11.0. The van der Waals surface area contributed by atoms with E-state index in [9.17, 15) is 23.5 Å². The van der Waals surface area contributed by atoms with E-state index in [1.165, 1.54) is 19.9 Å². The lowest BCUT2D eigenvalue weighted by atomic mass is 10.3. The highest BCUT2D eigenvalue weighted by atomic mass is 31.2. The molecule has 0 fully saturated rings. The molecule has 2 amide bonds. The number of carbonyl (C=O) groups excluding carboxylic acids is 3. The third kappa shape index (κ3) is 27.5. The van der Waals surface area contributed by atoms with E-state index in [1.54, 1.807) is 19.9 Å². The van der Waals surface area contributed by atoms with Crippen LogP contribution in [0.3, 0.4) is 0 Å². The first kappa shape index (κ1) is 47.8. The number of carbonyl (C=O) groups is 3. The number of urea groups is 1. The number of nitrogens with two attached hydrogens (primary N) is 2. The van der Waals surface area contributed by atoms with Crippen LogP contribution in [0.5, 0.6) is 0 Å². The number of hydrogen-bond donors (Lipinski definition) is 4. The molecule has 0 spiro atoms. The molecule has 0 saturated carbocycles. The monoisotopic (exact) mass is 760 g/mol. The molecule has 0 aromatic rings. The summed E-state index contributed by atoms with van der Waals surface area (Å²) >= 11 is 0. The largest absolute Gasteiger partial charge is 0.475 e. The second kappa shape index (κ2) is 28.4. The highest BCUT2D eigenvalue weighted by molar-refractivity contribution is 7.53. The summed E-state index contributed by atoms with van der Waals surface area (Å²) < 4.78 is 73.9. The van der Waals surface area contributed by atoms with Gasteiger partial charge in [-0.1, -0.05) is 12.2 Å². The zero-order chi connectivity index (χ0) is 37.8. The van der Waals surface area contributed by atoms with Crippen molar-refractivity contribution < 1.29 is 65.1 Å². The quantitative estimate of drug-likeness (QED) is 0.0333. The van der Waals surface area contributed by atoms with Crippen LogP contribution >= 0.6 is 15.4 Å². The van der Waals surface area contributed by atoms with Crippen molar-refractivity contribution in [2.24, 2.45) is 11.5 Å². The van der Waals surface area contributed by atoms with E-state index in [4.69, 9.17) is 53.0 Å². The minimum atomic E-state index is -4.05. The van der Waals surface area contributed by atoms with Crippen LogP contribution in [0.2, 0.25) is 0 Å². The van der Waals surface area contributed by atoms with Crippen LogP contribution in [0, 0.1) is 0 Å². The average Bonchev–Trinajstić information content (AvgIpc) is 3.05. The highest BCUT2D eigenvalue weighted by Crippen LogP contribution is 2.49. The number of allylic oxidation sites excluding steroid dienone is 1. The molecule has 0 heterocycles. The fourth-order valence-electron chi connectivity index (χ4n) is 3.55. The number of esters is 2. The maximum Gasteiger partial charge on any atom is 0.475 e. The van der Waals surface area contributed by atoms with Gasteiger partial charge in [-0.2, -0.15) is 0 Å². The molecule has 0 aliphatic rings. The van der Waals surface area contributed by atoms with Gasteiger partial charge >= 0.3 is 33.4 Å². The van der Waals surface area contributed by atoms with Gasteiger partial charge in [0.05, 0.1) is 77.7 Å². The van der Waals surface area contributed by atoms with Crippen molar-refractivity contribution in [3.63, 3.8) is 0 Å². The van der Waals surface area contributed by atoms with Crippen molar-refractivity contribution in [3.05, 3.63) is 25.3 Å². The van der Waals surface area contributed by atoms with E-state index in [2.05, 4.69) is 23.8 Å². The topological polar surface area (TPSA) is 245 Å². The summed E-state index contributed by atoms with van der Waals surface area (Å²) in [5.74, 6) is -0.747. The Morgan fingerprint density at radius 3 is 1.68 bits per heavy atom. The molecule has 0 saturated heterocycles. The number of phosphoric ester groups is 1. The van der Waals surface area contributed by atoms with E-state index in [0.717, 1.165) is 0 Å². The number of rotatable bonds is 32. The van der Waals surface area contributed by atoms with Crippen LogP contribution in [0.4, 0.5) is 4.79 Å². The predicted molar refractivity (Wildman–Crippen MR) is 186 cm³/mol. The highest BCUT2D eigenvalue weighted by Gasteiger charge is 2.28. The van der Waals surface area contributed by atoms with Gasteiger partial charge in [-0.05, 0) is 20.3 Å². The zero-order valence-corrected chi connectivity index (χ0v) is 31.5. The molecular weight excluding hydrogens is 702 g/mol. The zero-order valence-electron chi connectivity index (χ0n) is 29.7. The van der Waals surface area contributed by atoms with Gasteiger partial charge in [0.1, 0.15) is 12.2 Å². The van der Waals surface area contributed by atoms with Crippen molar-refractivity contribution in [3.8, 4) is 0 Å². The van der Waals surface area contributed by atoms with Gasteiger partial charge in [-0.25, -0.2) is 9.36 Å². The van der Waals surface area contributed by atoms with E-state index >= 15 is 0 Å². The first-order chi connectivity index (χ1) is 23.6. The van der Waals surface area contributed by atoms with Gasteiger partial charge in [0, 0.05) is 39.8 Å². The van der Waals surface area contributed by atoms with Crippen LogP contribution in [0.15, 0.2) is 25.3 Å². The Hall–Kier alpha value is -2.21. The lowest BCUT2D eigenvalue weighted by Gasteiger charge is -2.21. The molecule has 0 bridgehead atoms. The van der Waals surface area contributed by atoms with Gasteiger partial charge in [0.2, 0.25) is 0 Å². The second-order valence-corrected chi connectivity index (χ2v) is 14.8. The van der Waals surface area contributed by atoms with Gasteiger partial charge in [-0.15, -0.1) is 13.2 Å². The Kier molecular flexibility index (Phi) is 27.1. The summed E-state index contributed by atoms with van der Waals surface area (Å²) in [6.45, 7) is 13.3. The lowest BCUT2D eigenvalue weighted by molar-refractivity contribution is -0.147. The number of amides is 2. The average molecular weight is 761 g/mol. The van der Waals surface area contributed by atoms with Crippen molar-refractivity contribution >= 4 is 33.4 Å².